The minimum Gasteiger partial charge on any atom is -0.604 e. The Morgan fingerprint density at radius 3 is 2.23 bits per heavy atom. The van der Waals surface area contributed by atoms with E-state index in [9.17, 15) is 32.1 Å². The van der Waals surface area contributed by atoms with Crippen LogP contribution in [0.25, 0.3) is 5.69 Å². The Hall–Kier alpha value is -3.25. The summed E-state index contributed by atoms with van der Waals surface area (Å²) in [5.74, 6) is 0.517. The van der Waals surface area contributed by atoms with Gasteiger partial charge in [0.15, 0.2) is 4.90 Å². The maximum Gasteiger partial charge on any atom is 0.578 e. The van der Waals surface area contributed by atoms with Gasteiger partial charge in [-0.15, -0.1) is 13.2 Å². The third kappa shape index (κ3) is 4.19. The Morgan fingerprint density at radius 2 is 1.67 bits per heavy atom. The molecule has 30 heavy (non-hydrogen) atoms. The highest BCUT2D eigenvalue weighted by Crippen LogP contribution is 2.32. The number of rotatable bonds is 4. The predicted molar refractivity (Wildman–Crippen MR) is 102 cm³/mol. The molecular formula is C18H14F3N3O5S. The lowest BCUT2D eigenvalue weighted by Crippen LogP contribution is -2.47. The second-order valence-corrected chi connectivity index (χ2v) is 7.62. The van der Waals surface area contributed by atoms with Crippen LogP contribution in [0.1, 0.15) is 5.56 Å². The van der Waals surface area contributed by atoms with Gasteiger partial charge in [-0.25, -0.2) is 23.5 Å². The topological polar surface area (TPSA) is 109 Å². The number of nitrogens with zero attached hydrogens (tertiary/aromatic N) is 2. The van der Waals surface area contributed by atoms with Crippen LogP contribution in [0.15, 0.2) is 61.7 Å². The largest absolute Gasteiger partial charge is 0.604 e. The van der Waals surface area contributed by atoms with E-state index in [-0.39, 0.29) is 11.4 Å². The van der Waals surface area contributed by atoms with Gasteiger partial charge in [-0.3, -0.25) is 4.98 Å². The molecule has 1 atom stereocenters. The Balaban J connectivity index is 1.89. The lowest BCUT2D eigenvalue weighted by atomic mass is 10.2. The fraction of sp³-hybridized carbons (Fsp3) is 0.167. The third-order valence-corrected chi connectivity index (χ3v) is 5.21. The van der Waals surface area contributed by atoms with Gasteiger partial charge in [-0.2, -0.15) is 0 Å². The molecule has 1 unspecified atom stereocenters. The summed E-state index contributed by atoms with van der Waals surface area (Å²) in [7, 11) is 1.22. The Labute approximate surface area is 169 Å². The van der Waals surface area contributed by atoms with Gasteiger partial charge in [0.1, 0.15) is 11.5 Å². The maximum atomic E-state index is 12.5. The van der Waals surface area contributed by atoms with Gasteiger partial charge in [0.2, 0.25) is 0 Å². The molecule has 0 saturated carbocycles. The quantitative estimate of drug-likeness (QED) is 0.623. The first-order chi connectivity index (χ1) is 14.0. The number of H-pyrrole nitrogens is 1. The van der Waals surface area contributed by atoms with Crippen molar-refractivity contribution in [3.05, 3.63) is 79.5 Å². The Bertz CT molecular complexity index is 1260. The van der Waals surface area contributed by atoms with Gasteiger partial charge >= 0.3 is 22.6 Å². The summed E-state index contributed by atoms with van der Waals surface area (Å²) in [6.45, 7) is 1.63. The molecule has 0 saturated heterocycles. The van der Waals surface area contributed by atoms with Gasteiger partial charge in [0, 0.05) is 7.05 Å². The van der Waals surface area contributed by atoms with Crippen molar-refractivity contribution in [1.82, 2.24) is 14.1 Å². The predicted octanol–water partition coefficient (Wildman–Crippen LogP) is 1.95. The summed E-state index contributed by atoms with van der Waals surface area (Å²) in [5.41, 5.74) is -6.72. The molecule has 0 bridgehead atoms. The van der Waals surface area contributed by atoms with E-state index in [1.807, 2.05) is 4.98 Å². The molecular weight excluding hydrogens is 427 g/mol. The van der Waals surface area contributed by atoms with E-state index in [1.165, 1.54) is 37.4 Å². The summed E-state index contributed by atoms with van der Waals surface area (Å²) in [6, 6.07) is 8.94. The molecule has 1 N–H and O–H groups in total. The lowest BCUT2D eigenvalue weighted by molar-refractivity contribution is -0.0435. The van der Waals surface area contributed by atoms with Crippen molar-refractivity contribution in [1.29, 1.82) is 0 Å². The number of aromatic nitrogens is 3. The van der Waals surface area contributed by atoms with Crippen molar-refractivity contribution in [3.8, 4) is 17.2 Å². The van der Waals surface area contributed by atoms with Crippen molar-refractivity contribution in [2.45, 2.75) is 17.3 Å². The van der Waals surface area contributed by atoms with E-state index in [0.29, 0.717) is 11.3 Å². The lowest BCUT2D eigenvalue weighted by Gasteiger charge is -2.13. The van der Waals surface area contributed by atoms with Gasteiger partial charge < -0.3 is 9.29 Å². The molecule has 8 nitrogen and oxygen atoms in total. The smallest absolute Gasteiger partial charge is 0.578 e. The van der Waals surface area contributed by atoms with Crippen molar-refractivity contribution in [2.75, 3.05) is 0 Å². The molecule has 2 aromatic carbocycles. The zero-order valence-corrected chi connectivity index (χ0v) is 16.3. The molecule has 0 aliphatic carbocycles. The van der Waals surface area contributed by atoms with Crippen LogP contribution in [0, 0.1) is 6.92 Å². The SMILES string of the molecule is Cc1cc(-n2c(=O)[nH]c(=O)n(C)c2=O)ccc1Oc1ccc([S+]([O-])C(F)(F)F)cc1. The fourth-order valence-electron chi connectivity index (χ4n) is 2.56. The van der Waals surface area contributed by atoms with Crippen molar-refractivity contribution in [2.24, 2.45) is 7.05 Å². The number of alkyl halides is 3. The van der Waals surface area contributed by atoms with Crippen LogP contribution in [0.5, 0.6) is 11.5 Å². The minimum absolute atomic E-state index is 0.192. The van der Waals surface area contributed by atoms with Crippen molar-refractivity contribution in [3.63, 3.8) is 0 Å². The second-order valence-electron chi connectivity index (χ2n) is 6.15. The summed E-state index contributed by atoms with van der Waals surface area (Å²) in [5, 5.41) is 0. The van der Waals surface area contributed by atoms with Crippen LogP contribution in [0.2, 0.25) is 0 Å². The molecule has 0 amide bonds. The average molecular weight is 441 g/mol. The molecule has 3 rings (SSSR count). The Kier molecular flexibility index (Phi) is 5.63. The average Bonchev–Trinajstić information content (AvgIpc) is 2.67. The molecule has 0 aliphatic heterocycles. The van der Waals surface area contributed by atoms with Crippen LogP contribution in [-0.4, -0.2) is 24.2 Å². The highest BCUT2D eigenvalue weighted by Gasteiger charge is 2.46. The van der Waals surface area contributed by atoms with Crippen LogP contribution in [0.4, 0.5) is 13.2 Å². The van der Waals surface area contributed by atoms with Crippen LogP contribution in [0.3, 0.4) is 0 Å². The number of benzene rings is 2. The number of nitrogens with one attached hydrogen (secondary N) is 1. The van der Waals surface area contributed by atoms with Gasteiger partial charge in [0.05, 0.1) is 16.9 Å². The van der Waals surface area contributed by atoms with Gasteiger partial charge in [-0.1, -0.05) is 0 Å². The van der Waals surface area contributed by atoms with E-state index < -0.39 is 38.6 Å². The monoisotopic (exact) mass is 441 g/mol. The molecule has 0 aliphatic rings. The molecule has 0 spiro atoms. The first kappa shape index (κ1) is 21.5. The molecule has 3 aromatic rings. The molecule has 0 fully saturated rings. The molecule has 1 heterocycles. The molecule has 1 aromatic heterocycles. The van der Waals surface area contributed by atoms with Crippen molar-refractivity contribution < 1.29 is 22.5 Å². The number of aryl methyl sites for hydroxylation is 1. The Morgan fingerprint density at radius 1 is 1.03 bits per heavy atom. The number of ether oxygens (including phenoxy) is 1. The summed E-state index contributed by atoms with van der Waals surface area (Å²) >= 11 is -3.14. The minimum atomic E-state index is -4.86. The standard InChI is InChI=1S/C18H14F3N3O5S/c1-10-9-11(24-16(26)22-15(25)23(2)17(24)27)3-8-14(10)29-12-4-6-13(7-5-12)30(28)18(19,20)21/h3-9H,1-2H3,(H,22,25,26). The van der Waals surface area contributed by atoms with Crippen molar-refractivity contribution >= 4 is 11.2 Å². The van der Waals surface area contributed by atoms with E-state index in [1.54, 1.807) is 6.92 Å². The van der Waals surface area contributed by atoms with Gasteiger partial charge in [0.25, 0.3) is 0 Å². The van der Waals surface area contributed by atoms with Crippen LogP contribution in [-0.2, 0) is 18.2 Å². The normalized spacial score (nSPS) is 12.6. The molecule has 0 radical (unpaired) electrons. The zero-order valence-electron chi connectivity index (χ0n) is 15.5. The number of halogens is 3. The molecule has 158 valence electrons. The van der Waals surface area contributed by atoms with E-state index in [0.717, 1.165) is 21.3 Å². The van der Waals surface area contributed by atoms with E-state index in [2.05, 4.69) is 0 Å². The zero-order chi connectivity index (χ0) is 22.2. The van der Waals surface area contributed by atoms with Crippen LogP contribution >= 0.6 is 0 Å². The van der Waals surface area contributed by atoms with E-state index in [4.69, 9.17) is 4.74 Å². The summed E-state index contributed by atoms with van der Waals surface area (Å²) < 4.78 is 56.0. The number of hydrogen-bond acceptors (Lipinski definition) is 5. The highest BCUT2D eigenvalue weighted by atomic mass is 32.2. The summed E-state index contributed by atoms with van der Waals surface area (Å²) in [4.78, 5) is 37.3. The van der Waals surface area contributed by atoms with Gasteiger partial charge in [-0.05, 0) is 55.0 Å². The fourth-order valence-corrected chi connectivity index (χ4v) is 3.21. The summed E-state index contributed by atoms with van der Waals surface area (Å²) in [6.07, 6.45) is 0. The molecule has 12 heteroatoms. The third-order valence-electron chi connectivity index (χ3n) is 4.09. The second kappa shape index (κ2) is 7.88. The highest BCUT2D eigenvalue weighted by molar-refractivity contribution is 7.92. The van der Waals surface area contributed by atoms with E-state index >= 15 is 0 Å². The maximum absolute atomic E-state index is 12.5. The van der Waals surface area contributed by atoms with Crippen LogP contribution < -0.4 is 21.8 Å². The first-order valence-electron chi connectivity index (χ1n) is 8.29. The first-order valence-corrected chi connectivity index (χ1v) is 9.44. The number of aromatic amines is 1. The number of hydrogen-bond donors (Lipinski definition) is 1.